The molecule has 0 aromatic carbocycles. The first-order valence-electron chi connectivity index (χ1n) is 4.39. The van der Waals surface area contributed by atoms with Crippen LogP contribution in [0.25, 0.3) is 0 Å². The highest BCUT2D eigenvalue weighted by Gasteiger charge is 1.90. The van der Waals surface area contributed by atoms with Gasteiger partial charge in [-0.2, -0.15) is 0 Å². The molecule has 0 unspecified atom stereocenters. The Morgan fingerprint density at radius 3 is 2.27 bits per heavy atom. The summed E-state index contributed by atoms with van der Waals surface area (Å²) in [5, 5.41) is 6.56. The standard InChI is InChI=1S/C8H21N3/c1-8(2)7-11-6-5-10-4-3-9/h8,10-11H,3-7,9H2,1-2H3. The molecule has 0 saturated carbocycles. The van der Waals surface area contributed by atoms with E-state index in [1.165, 1.54) is 0 Å². The van der Waals surface area contributed by atoms with Crippen molar-refractivity contribution >= 4 is 0 Å². The van der Waals surface area contributed by atoms with Crippen molar-refractivity contribution in [2.75, 3.05) is 32.7 Å². The summed E-state index contributed by atoms with van der Waals surface area (Å²) in [4.78, 5) is 0. The van der Waals surface area contributed by atoms with E-state index < -0.39 is 0 Å². The van der Waals surface area contributed by atoms with Crippen LogP contribution in [0.5, 0.6) is 0 Å². The van der Waals surface area contributed by atoms with Gasteiger partial charge in [0.05, 0.1) is 0 Å². The third-order valence-electron chi connectivity index (χ3n) is 1.35. The van der Waals surface area contributed by atoms with Crippen molar-refractivity contribution in [3.8, 4) is 0 Å². The number of hydrogen-bond donors (Lipinski definition) is 3. The van der Waals surface area contributed by atoms with Crippen LogP contribution in [0.2, 0.25) is 0 Å². The molecule has 0 aromatic heterocycles. The summed E-state index contributed by atoms with van der Waals surface area (Å²) < 4.78 is 0. The van der Waals surface area contributed by atoms with Crippen LogP contribution in [-0.4, -0.2) is 32.7 Å². The molecule has 0 fully saturated rings. The van der Waals surface area contributed by atoms with E-state index in [0.717, 1.165) is 38.6 Å². The van der Waals surface area contributed by atoms with Gasteiger partial charge in [-0.25, -0.2) is 0 Å². The Morgan fingerprint density at radius 1 is 1.09 bits per heavy atom. The molecule has 3 nitrogen and oxygen atoms in total. The van der Waals surface area contributed by atoms with E-state index >= 15 is 0 Å². The van der Waals surface area contributed by atoms with E-state index in [0.29, 0.717) is 0 Å². The lowest BCUT2D eigenvalue weighted by Gasteiger charge is -2.07. The molecule has 0 atom stereocenters. The van der Waals surface area contributed by atoms with Crippen molar-refractivity contribution in [2.45, 2.75) is 13.8 Å². The molecular formula is C8H21N3. The zero-order chi connectivity index (χ0) is 8.53. The molecule has 0 aromatic rings. The minimum Gasteiger partial charge on any atom is -0.329 e. The van der Waals surface area contributed by atoms with Crippen molar-refractivity contribution in [3.05, 3.63) is 0 Å². The topological polar surface area (TPSA) is 50.1 Å². The maximum atomic E-state index is 5.31. The molecule has 0 heterocycles. The van der Waals surface area contributed by atoms with Crippen LogP contribution in [-0.2, 0) is 0 Å². The van der Waals surface area contributed by atoms with Gasteiger partial charge in [-0.1, -0.05) is 13.8 Å². The van der Waals surface area contributed by atoms with Gasteiger partial charge in [-0.3, -0.25) is 0 Å². The first kappa shape index (κ1) is 10.9. The maximum absolute atomic E-state index is 5.31. The smallest absolute Gasteiger partial charge is 0.00772 e. The van der Waals surface area contributed by atoms with Gasteiger partial charge in [0.1, 0.15) is 0 Å². The van der Waals surface area contributed by atoms with Gasteiger partial charge in [-0.15, -0.1) is 0 Å². The molecule has 0 aliphatic heterocycles. The van der Waals surface area contributed by atoms with E-state index in [9.17, 15) is 0 Å². The fourth-order valence-electron chi connectivity index (χ4n) is 0.795. The molecule has 68 valence electrons. The second-order valence-corrected chi connectivity index (χ2v) is 3.14. The summed E-state index contributed by atoms with van der Waals surface area (Å²) in [5.41, 5.74) is 5.31. The van der Waals surface area contributed by atoms with E-state index in [1.54, 1.807) is 0 Å². The molecule has 0 saturated heterocycles. The quantitative estimate of drug-likeness (QED) is 0.450. The van der Waals surface area contributed by atoms with Gasteiger partial charge in [0, 0.05) is 26.2 Å². The van der Waals surface area contributed by atoms with E-state index in [-0.39, 0.29) is 0 Å². The zero-order valence-electron chi connectivity index (χ0n) is 7.69. The molecular weight excluding hydrogens is 138 g/mol. The third kappa shape index (κ3) is 9.88. The Hall–Kier alpha value is -0.120. The lowest BCUT2D eigenvalue weighted by atomic mass is 10.2. The minimum absolute atomic E-state index is 0.726. The van der Waals surface area contributed by atoms with Crippen LogP contribution < -0.4 is 16.4 Å². The largest absolute Gasteiger partial charge is 0.329 e. The van der Waals surface area contributed by atoms with Crippen LogP contribution in [0.1, 0.15) is 13.8 Å². The van der Waals surface area contributed by atoms with E-state index in [2.05, 4.69) is 24.5 Å². The fourth-order valence-corrected chi connectivity index (χ4v) is 0.795. The first-order chi connectivity index (χ1) is 5.27. The van der Waals surface area contributed by atoms with Gasteiger partial charge in [0.2, 0.25) is 0 Å². The van der Waals surface area contributed by atoms with Gasteiger partial charge in [-0.05, 0) is 12.5 Å². The number of nitrogens with one attached hydrogen (secondary N) is 2. The van der Waals surface area contributed by atoms with Crippen molar-refractivity contribution in [3.63, 3.8) is 0 Å². The molecule has 0 aliphatic carbocycles. The molecule has 0 rings (SSSR count). The van der Waals surface area contributed by atoms with Crippen LogP contribution >= 0.6 is 0 Å². The Kier molecular flexibility index (Phi) is 7.89. The zero-order valence-corrected chi connectivity index (χ0v) is 7.69. The molecule has 0 aliphatic rings. The predicted octanol–water partition coefficient (Wildman–Crippen LogP) is -0.220. The van der Waals surface area contributed by atoms with Crippen molar-refractivity contribution in [1.82, 2.24) is 10.6 Å². The molecule has 11 heavy (non-hydrogen) atoms. The summed E-state index contributed by atoms with van der Waals surface area (Å²) >= 11 is 0. The average Bonchev–Trinajstić information content (AvgIpc) is 1.96. The lowest BCUT2D eigenvalue weighted by Crippen LogP contribution is -2.32. The summed E-state index contributed by atoms with van der Waals surface area (Å²) in [6.45, 7) is 9.22. The predicted molar refractivity (Wildman–Crippen MR) is 49.6 cm³/mol. The Bertz CT molecular complexity index is 73.7. The molecule has 3 heteroatoms. The van der Waals surface area contributed by atoms with Crippen LogP contribution in [0.4, 0.5) is 0 Å². The highest BCUT2D eigenvalue weighted by Crippen LogP contribution is 1.85. The van der Waals surface area contributed by atoms with Gasteiger partial charge in [0.25, 0.3) is 0 Å². The normalized spacial score (nSPS) is 10.9. The van der Waals surface area contributed by atoms with Crippen LogP contribution in [0.15, 0.2) is 0 Å². The maximum Gasteiger partial charge on any atom is 0.00772 e. The Morgan fingerprint density at radius 2 is 1.73 bits per heavy atom. The van der Waals surface area contributed by atoms with Gasteiger partial charge < -0.3 is 16.4 Å². The van der Waals surface area contributed by atoms with Crippen LogP contribution in [0.3, 0.4) is 0 Å². The minimum atomic E-state index is 0.726. The van der Waals surface area contributed by atoms with Gasteiger partial charge in [0.15, 0.2) is 0 Å². The molecule has 0 spiro atoms. The summed E-state index contributed by atoms with van der Waals surface area (Å²) in [6.07, 6.45) is 0. The summed E-state index contributed by atoms with van der Waals surface area (Å²) in [6, 6.07) is 0. The first-order valence-corrected chi connectivity index (χ1v) is 4.39. The van der Waals surface area contributed by atoms with Crippen molar-refractivity contribution in [1.29, 1.82) is 0 Å². The second-order valence-electron chi connectivity index (χ2n) is 3.14. The summed E-state index contributed by atoms with van der Waals surface area (Å²) in [7, 11) is 0. The lowest BCUT2D eigenvalue weighted by molar-refractivity contribution is 0.537. The number of hydrogen-bond acceptors (Lipinski definition) is 3. The molecule has 4 N–H and O–H groups in total. The third-order valence-corrected chi connectivity index (χ3v) is 1.35. The second kappa shape index (κ2) is 7.98. The highest BCUT2D eigenvalue weighted by atomic mass is 14.9. The Balaban J connectivity index is 2.80. The van der Waals surface area contributed by atoms with Crippen molar-refractivity contribution in [2.24, 2.45) is 11.7 Å². The molecule has 0 radical (unpaired) electrons. The SMILES string of the molecule is CC(C)CNCCNCCN. The number of nitrogens with two attached hydrogens (primary N) is 1. The van der Waals surface area contributed by atoms with E-state index in [1.807, 2.05) is 0 Å². The Labute approximate surface area is 69.7 Å². The highest BCUT2D eigenvalue weighted by molar-refractivity contribution is 4.54. The van der Waals surface area contributed by atoms with E-state index in [4.69, 9.17) is 5.73 Å². The average molecular weight is 159 g/mol. The summed E-state index contributed by atoms with van der Waals surface area (Å²) in [5.74, 6) is 0.740. The fraction of sp³-hybridized carbons (Fsp3) is 1.00. The van der Waals surface area contributed by atoms with Crippen LogP contribution in [0, 0.1) is 5.92 Å². The molecule has 0 bridgehead atoms. The number of rotatable bonds is 7. The van der Waals surface area contributed by atoms with Gasteiger partial charge >= 0.3 is 0 Å². The monoisotopic (exact) mass is 159 g/mol. The molecule has 0 amide bonds. The van der Waals surface area contributed by atoms with Crippen molar-refractivity contribution < 1.29 is 0 Å².